The van der Waals surface area contributed by atoms with Crippen molar-refractivity contribution >= 4 is 11.4 Å². The molecule has 0 spiro atoms. The van der Waals surface area contributed by atoms with Crippen molar-refractivity contribution in [1.82, 2.24) is 24.7 Å². The molecule has 0 aliphatic carbocycles. The Balaban J connectivity index is 1.47. The third-order valence-electron chi connectivity index (χ3n) is 5.53. The number of fused-ring (bicyclic) bond motifs is 1. The molecule has 1 amide bonds. The van der Waals surface area contributed by atoms with E-state index in [1.807, 2.05) is 49.4 Å². The number of benzene rings is 2. The van der Waals surface area contributed by atoms with Crippen molar-refractivity contribution < 1.29 is 9.53 Å². The predicted molar refractivity (Wildman–Crippen MR) is 126 cm³/mol. The maximum absolute atomic E-state index is 13.0. The molecule has 2 aromatic heterocycles. The molecule has 0 saturated heterocycles. The number of methoxy groups -OCH3 is 1. The highest BCUT2D eigenvalue weighted by Crippen LogP contribution is 2.22. The number of nitrogens with one attached hydrogen (secondary N) is 1. The van der Waals surface area contributed by atoms with Crippen LogP contribution in [0, 0.1) is 6.92 Å². The molecule has 1 N–H and O–H groups in total. The molecule has 8 nitrogen and oxygen atoms in total. The van der Waals surface area contributed by atoms with Crippen LogP contribution in [0.2, 0.25) is 0 Å². The molecule has 4 rings (SSSR count). The van der Waals surface area contributed by atoms with Crippen LogP contribution >= 0.6 is 0 Å². The fourth-order valence-electron chi connectivity index (χ4n) is 3.74. The molecule has 2 heterocycles. The van der Waals surface area contributed by atoms with E-state index < -0.39 is 0 Å². The first-order valence-corrected chi connectivity index (χ1v) is 10.9. The van der Waals surface area contributed by atoms with Gasteiger partial charge in [0.1, 0.15) is 23.6 Å². The van der Waals surface area contributed by atoms with Crippen molar-refractivity contribution in [2.45, 2.75) is 39.3 Å². The molecule has 0 aliphatic heterocycles. The van der Waals surface area contributed by atoms with E-state index in [0.717, 1.165) is 24.2 Å². The number of ether oxygens (including phenoxy) is 1. The number of nitrogens with zero attached hydrogens (tertiary/aromatic N) is 4. The zero-order valence-corrected chi connectivity index (χ0v) is 19.0. The molecule has 4 aromatic rings. The smallest absolute Gasteiger partial charge is 0.293 e. The van der Waals surface area contributed by atoms with E-state index in [4.69, 9.17) is 4.74 Å². The van der Waals surface area contributed by atoms with Crippen LogP contribution in [0.4, 0.5) is 0 Å². The molecule has 0 bridgehead atoms. The van der Waals surface area contributed by atoms with E-state index in [1.54, 1.807) is 20.1 Å². The average Bonchev–Trinajstić information content (AvgIpc) is 3.28. The summed E-state index contributed by atoms with van der Waals surface area (Å²) in [7, 11) is 1.61. The maximum atomic E-state index is 13.0. The molecule has 170 valence electrons. The monoisotopic (exact) mass is 445 g/mol. The molecule has 1 atom stereocenters. The first kappa shape index (κ1) is 22.3. The number of hydrogen-bond acceptors (Lipinski definition) is 5. The van der Waals surface area contributed by atoms with Crippen LogP contribution in [0.15, 0.2) is 65.5 Å². The lowest BCUT2D eigenvalue weighted by atomic mass is 10.1. The Kier molecular flexibility index (Phi) is 6.53. The van der Waals surface area contributed by atoms with Crippen LogP contribution in [0.5, 0.6) is 5.75 Å². The number of rotatable bonds is 8. The van der Waals surface area contributed by atoms with Gasteiger partial charge in [0.05, 0.1) is 12.8 Å². The van der Waals surface area contributed by atoms with Crippen molar-refractivity contribution in [3.63, 3.8) is 0 Å². The number of carbonyl (C=O) groups excluding carboxylic acids is 1. The van der Waals surface area contributed by atoms with Gasteiger partial charge in [0.2, 0.25) is 5.91 Å². The van der Waals surface area contributed by atoms with Crippen LogP contribution in [0.3, 0.4) is 0 Å². The Morgan fingerprint density at radius 2 is 1.82 bits per heavy atom. The van der Waals surface area contributed by atoms with E-state index in [2.05, 4.69) is 27.6 Å². The summed E-state index contributed by atoms with van der Waals surface area (Å²) in [5.41, 5.74) is 2.75. The lowest BCUT2D eigenvalue weighted by molar-refractivity contribution is -0.122. The summed E-state index contributed by atoms with van der Waals surface area (Å²) < 4.78 is 7.90. The molecule has 0 fully saturated rings. The van der Waals surface area contributed by atoms with Crippen LogP contribution in [0.1, 0.15) is 24.7 Å². The summed E-state index contributed by atoms with van der Waals surface area (Å²) in [5.74, 6) is 1.02. The van der Waals surface area contributed by atoms with Crippen molar-refractivity contribution in [3.05, 3.63) is 82.4 Å². The summed E-state index contributed by atoms with van der Waals surface area (Å²) in [6.45, 7) is 3.58. The third kappa shape index (κ3) is 5.11. The van der Waals surface area contributed by atoms with E-state index in [1.165, 1.54) is 14.8 Å². The van der Waals surface area contributed by atoms with Gasteiger partial charge in [-0.25, -0.2) is 9.20 Å². The van der Waals surface area contributed by atoms with E-state index in [-0.39, 0.29) is 24.1 Å². The Hall–Kier alpha value is -3.94. The minimum Gasteiger partial charge on any atom is -0.497 e. The highest BCUT2D eigenvalue weighted by Gasteiger charge is 2.16. The molecular formula is C25H27N5O3. The second kappa shape index (κ2) is 9.68. The molecular weight excluding hydrogens is 418 g/mol. The van der Waals surface area contributed by atoms with Crippen molar-refractivity contribution in [1.29, 1.82) is 0 Å². The summed E-state index contributed by atoms with van der Waals surface area (Å²) in [6, 6.07) is 19.3. The lowest BCUT2D eigenvalue weighted by Gasteiger charge is -2.14. The van der Waals surface area contributed by atoms with Gasteiger partial charge < -0.3 is 10.1 Å². The van der Waals surface area contributed by atoms with E-state index >= 15 is 0 Å². The second-order valence-corrected chi connectivity index (χ2v) is 8.06. The van der Waals surface area contributed by atoms with Gasteiger partial charge in [-0.1, -0.05) is 30.3 Å². The Morgan fingerprint density at radius 3 is 2.52 bits per heavy atom. The molecule has 8 heteroatoms. The SMILES string of the molecule is COc1ccc(-c2cc3c(=O)n(CC(=O)NC(C)CCc4ccccc4)nc(C)n3n2)cc1. The molecule has 0 aliphatic rings. The molecule has 0 saturated carbocycles. The highest BCUT2D eigenvalue weighted by atomic mass is 16.5. The fourth-order valence-corrected chi connectivity index (χ4v) is 3.74. The highest BCUT2D eigenvalue weighted by molar-refractivity contribution is 5.76. The predicted octanol–water partition coefficient (Wildman–Crippen LogP) is 3.01. The van der Waals surface area contributed by atoms with Crippen LogP contribution < -0.4 is 15.6 Å². The van der Waals surface area contributed by atoms with Gasteiger partial charge in [-0.05, 0) is 62.6 Å². The molecule has 33 heavy (non-hydrogen) atoms. The largest absolute Gasteiger partial charge is 0.497 e. The lowest BCUT2D eigenvalue weighted by Crippen LogP contribution is -2.39. The topological polar surface area (TPSA) is 90.5 Å². The van der Waals surface area contributed by atoms with Gasteiger partial charge >= 0.3 is 0 Å². The average molecular weight is 446 g/mol. The number of carbonyl (C=O) groups is 1. The standard InChI is InChI=1S/C25H27N5O3/c1-17(9-10-19-7-5-4-6-8-19)26-24(31)16-29-25(32)23-15-22(28-30(23)18(2)27-29)20-11-13-21(33-3)14-12-20/h4-8,11-15,17H,9-10,16H2,1-3H3,(H,26,31). The summed E-state index contributed by atoms with van der Waals surface area (Å²) >= 11 is 0. The van der Waals surface area contributed by atoms with Gasteiger partial charge in [0.15, 0.2) is 0 Å². The van der Waals surface area contributed by atoms with Gasteiger partial charge in [0, 0.05) is 11.6 Å². The fraction of sp³-hybridized carbons (Fsp3) is 0.280. The minimum atomic E-state index is -0.361. The second-order valence-electron chi connectivity index (χ2n) is 8.06. The minimum absolute atomic E-state index is 0.0186. The zero-order valence-electron chi connectivity index (χ0n) is 19.0. The van der Waals surface area contributed by atoms with Crippen LogP contribution in [-0.4, -0.2) is 38.5 Å². The van der Waals surface area contributed by atoms with Gasteiger partial charge in [-0.3, -0.25) is 9.59 Å². The van der Waals surface area contributed by atoms with Crippen molar-refractivity contribution in [3.8, 4) is 17.0 Å². The Bertz CT molecular complexity index is 1310. The van der Waals surface area contributed by atoms with Crippen LogP contribution in [0.25, 0.3) is 16.8 Å². The van der Waals surface area contributed by atoms with E-state index in [9.17, 15) is 9.59 Å². The van der Waals surface area contributed by atoms with Crippen molar-refractivity contribution in [2.75, 3.05) is 7.11 Å². The first-order chi connectivity index (χ1) is 15.9. The Labute approximate surface area is 191 Å². The first-order valence-electron chi connectivity index (χ1n) is 10.9. The number of aromatic nitrogens is 4. The molecule has 1 unspecified atom stereocenters. The van der Waals surface area contributed by atoms with Gasteiger partial charge in [0.25, 0.3) is 5.56 Å². The number of amides is 1. The van der Waals surface area contributed by atoms with Gasteiger partial charge in [-0.15, -0.1) is 0 Å². The zero-order chi connectivity index (χ0) is 23.4. The normalized spacial score (nSPS) is 12.0. The van der Waals surface area contributed by atoms with Crippen LogP contribution in [-0.2, 0) is 17.8 Å². The number of aryl methyl sites for hydroxylation is 2. The maximum Gasteiger partial charge on any atom is 0.293 e. The van der Waals surface area contributed by atoms with Gasteiger partial charge in [-0.2, -0.15) is 10.2 Å². The number of hydrogen-bond donors (Lipinski definition) is 1. The summed E-state index contributed by atoms with van der Waals surface area (Å²) in [6.07, 6.45) is 1.68. The summed E-state index contributed by atoms with van der Waals surface area (Å²) in [4.78, 5) is 25.6. The molecule has 2 aromatic carbocycles. The quantitative estimate of drug-likeness (QED) is 0.450. The van der Waals surface area contributed by atoms with E-state index in [0.29, 0.717) is 17.0 Å². The third-order valence-corrected chi connectivity index (χ3v) is 5.53. The molecule has 0 radical (unpaired) electrons. The Morgan fingerprint density at radius 1 is 1.09 bits per heavy atom. The summed E-state index contributed by atoms with van der Waals surface area (Å²) in [5, 5.41) is 11.8. The van der Waals surface area contributed by atoms with Crippen molar-refractivity contribution in [2.24, 2.45) is 0 Å².